The summed E-state index contributed by atoms with van der Waals surface area (Å²) in [5.74, 6) is -0.691. The fourth-order valence-corrected chi connectivity index (χ4v) is 2.56. The lowest BCUT2D eigenvalue weighted by molar-refractivity contribution is -0.137. The molecular weight excluding hydrogens is 234 g/mol. The van der Waals surface area contributed by atoms with Crippen LogP contribution in [0.3, 0.4) is 0 Å². The van der Waals surface area contributed by atoms with Gasteiger partial charge < -0.3 is 10.4 Å². The molecule has 1 aromatic heterocycles. The van der Waals surface area contributed by atoms with Gasteiger partial charge >= 0.3 is 5.97 Å². The van der Waals surface area contributed by atoms with Crippen LogP contribution in [0.15, 0.2) is 17.5 Å². The highest BCUT2D eigenvalue weighted by atomic mass is 32.1. The molecule has 0 fully saturated rings. The quantitative estimate of drug-likeness (QED) is 0.667. The van der Waals surface area contributed by atoms with Gasteiger partial charge in [0.1, 0.15) is 0 Å². The fraction of sp³-hybridized carbons (Fsp3) is 0.615. The normalized spacial score (nSPS) is 12.5. The number of carboxylic acid groups (broad SMARTS) is 1. The number of thiophene rings is 1. The Hall–Kier alpha value is -0.870. The molecule has 0 saturated heterocycles. The minimum absolute atomic E-state index is 0.296. The van der Waals surface area contributed by atoms with Gasteiger partial charge in [-0.3, -0.25) is 4.79 Å². The molecule has 0 bridgehead atoms. The Balaban J connectivity index is 1.97. The molecule has 17 heavy (non-hydrogen) atoms. The first-order valence-electron chi connectivity index (χ1n) is 6.16. The van der Waals surface area contributed by atoms with Gasteiger partial charge in [-0.25, -0.2) is 0 Å². The Morgan fingerprint density at radius 2 is 2.29 bits per heavy atom. The van der Waals surface area contributed by atoms with Crippen LogP contribution in [-0.4, -0.2) is 23.7 Å². The third-order valence-electron chi connectivity index (χ3n) is 2.65. The number of rotatable bonds is 9. The van der Waals surface area contributed by atoms with Crippen LogP contribution >= 0.6 is 11.3 Å². The van der Waals surface area contributed by atoms with Crippen molar-refractivity contribution in [2.75, 3.05) is 6.54 Å². The van der Waals surface area contributed by atoms with Crippen molar-refractivity contribution in [3.63, 3.8) is 0 Å². The van der Waals surface area contributed by atoms with E-state index < -0.39 is 5.97 Å². The third-order valence-corrected chi connectivity index (χ3v) is 3.55. The number of aliphatic carboxylic acids is 1. The van der Waals surface area contributed by atoms with Crippen molar-refractivity contribution in [3.8, 4) is 0 Å². The minimum atomic E-state index is -0.691. The van der Waals surface area contributed by atoms with Gasteiger partial charge in [-0.15, -0.1) is 11.3 Å². The summed E-state index contributed by atoms with van der Waals surface area (Å²) in [5, 5.41) is 14.1. The smallest absolute Gasteiger partial charge is 0.303 e. The van der Waals surface area contributed by atoms with Gasteiger partial charge in [0.25, 0.3) is 0 Å². The van der Waals surface area contributed by atoms with Crippen molar-refractivity contribution in [2.45, 2.75) is 45.1 Å². The van der Waals surface area contributed by atoms with Crippen LogP contribution in [0, 0.1) is 0 Å². The molecule has 1 rings (SSSR count). The molecule has 0 amide bonds. The highest BCUT2D eigenvalue weighted by Gasteiger charge is 2.03. The molecule has 3 nitrogen and oxygen atoms in total. The molecule has 0 spiro atoms. The maximum Gasteiger partial charge on any atom is 0.303 e. The molecule has 96 valence electrons. The zero-order valence-electron chi connectivity index (χ0n) is 10.3. The molecule has 1 atom stereocenters. The summed E-state index contributed by atoms with van der Waals surface area (Å²) in [4.78, 5) is 11.7. The van der Waals surface area contributed by atoms with Crippen LogP contribution in [0.5, 0.6) is 0 Å². The van der Waals surface area contributed by atoms with Crippen molar-refractivity contribution in [3.05, 3.63) is 22.4 Å². The molecule has 2 N–H and O–H groups in total. The second-order valence-electron chi connectivity index (χ2n) is 4.34. The minimum Gasteiger partial charge on any atom is -0.481 e. The topological polar surface area (TPSA) is 49.3 Å². The Bertz CT molecular complexity index is 311. The largest absolute Gasteiger partial charge is 0.481 e. The summed E-state index contributed by atoms with van der Waals surface area (Å²) in [5.41, 5.74) is 0. The maximum absolute atomic E-state index is 10.3. The molecule has 0 saturated carbocycles. The summed E-state index contributed by atoms with van der Waals surface area (Å²) in [6.07, 6.45) is 4.21. The van der Waals surface area contributed by atoms with Crippen molar-refractivity contribution < 1.29 is 9.90 Å². The van der Waals surface area contributed by atoms with Gasteiger partial charge in [0.15, 0.2) is 0 Å². The molecule has 0 aromatic carbocycles. The standard InChI is InChI=1S/C13H21NO2S/c1-11(10-12-6-5-9-17-12)14-8-4-2-3-7-13(15)16/h5-6,9,11,14H,2-4,7-8,10H2,1H3,(H,15,16). The summed E-state index contributed by atoms with van der Waals surface area (Å²) in [7, 11) is 0. The predicted octanol–water partition coefficient (Wildman–Crippen LogP) is 2.91. The summed E-state index contributed by atoms with van der Waals surface area (Å²) < 4.78 is 0. The van der Waals surface area contributed by atoms with Crippen molar-refractivity contribution in [1.29, 1.82) is 0 Å². The second-order valence-corrected chi connectivity index (χ2v) is 5.38. The summed E-state index contributed by atoms with van der Waals surface area (Å²) in [6, 6.07) is 4.74. The lowest BCUT2D eigenvalue weighted by Gasteiger charge is -2.12. The number of carbonyl (C=O) groups is 1. The first-order valence-corrected chi connectivity index (χ1v) is 7.04. The van der Waals surface area contributed by atoms with Crippen LogP contribution in [0.1, 0.15) is 37.5 Å². The number of unbranched alkanes of at least 4 members (excludes halogenated alkanes) is 2. The van der Waals surface area contributed by atoms with Crippen molar-refractivity contribution in [2.24, 2.45) is 0 Å². The van der Waals surface area contributed by atoms with E-state index in [0.717, 1.165) is 32.2 Å². The third kappa shape index (κ3) is 7.13. The Morgan fingerprint density at radius 1 is 1.47 bits per heavy atom. The van der Waals surface area contributed by atoms with Gasteiger partial charge in [-0.1, -0.05) is 12.5 Å². The molecule has 0 aliphatic rings. The van der Waals surface area contributed by atoms with E-state index in [0.29, 0.717) is 12.5 Å². The molecule has 1 unspecified atom stereocenters. The van der Waals surface area contributed by atoms with Crippen LogP contribution in [0.4, 0.5) is 0 Å². The van der Waals surface area contributed by atoms with Gasteiger partial charge in [-0.2, -0.15) is 0 Å². The second kappa shape index (κ2) is 8.25. The van der Waals surface area contributed by atoms with Gasteiger partial charge in [0.05, 0.1) is 0 Å². The highest BCUT2D eigenvalue weighted by molar-refractivity contribution is 7.09. The van der Waals surface area contributed by atoms with Crippen LogP contribution < -0.4 is 5.32 Å². The fourth-order valence-electron chi connectivity index (χ4n) is 1.73. The SMILES string of the molecule is CC(Cc1cccs1)NCCCCCC(=O)O. The zero-order chi connectivity index (χ0) is 12.5. The van der Waals surface area contributed by atoms with E-state index in [2.05, 4.69) is 29.8 Å². The van der Waals surface area contributed by atoms with E-state index >= 15 is 0 Å². The van der Waals surface area contributed by atoms with E-state index in [-0.39, 0.29) is 0 Å². The van der Waals surface area contributed by atoms with E-state index in [4.69, 9.17) is 5.11 Å². The first-order chi connectivity index (χ1) is 8.18. The molecule has 0 radical (unpaired) electrons. The van der Waals surface area contributed by atoms with Crippen molar-refractivity contribution in [1.82, 2.24) is 5.32 Å². The first kappa shape index (κ1) is 14.2. The molecular formula is C13H21NO2S. The molecule has 0 aliphatic heterocycles. The Labute approximate surface area is 107 Å². The van der Waals surface area contributed by atoms with Gasteiger partial charge in [0.2, 0.25) is 0 Å². The van der Waals surface area contributed by atoms with Gasteiger partial charge in [-0.05, 0) is 44.2 Å². The van der Waals surface area contributed by atoms with Crippen molar-refractivity contribution >= 4 is 17.3 Å². The van der Waals surface area contributed by atoms with E-state index in [1.54, 1.807) is 11.3 Å². The number of hydrogen-bond donors (Lipinski definition) is 2. The monoisotopic (exact) mass is 255 g/mol. The predicted molar refractivity (Wildman–Crippen MR) is 71.6 cm³/mol. The number of nitrogens with one attached hydrogen (secondary N) is 1. The molecule has 1 aromatic rings. The highest BCUT2D eigenvalue weighted by Crippen LogP contribution is 2.10. The van der Waals surface area contributed by atoms with Crippen LogP contribution in [0.25, 0.3) is 0 Å². The van der Waals surface area contributed by atoms with Crippen LogP contribution in [-0.2, 0) is 11.2 Å². The molecule has 4 heteroatoms. The maximum atomic E-state index is 10.3. The lowest BCUT2D eigenvalue weighted by atomic mass is 10.1. The summed E-state index contributed by atoms with van der Waals surface area (Å²) in [6.45, 7) is 3.17. The van der Waals surface area contributed by atoms with Gasteiger partial charge in [0, 0.05) is 17.3 Å². The number of hydrogen-bond acceptors (Lipinski definition) is 3. The molecule has 1 heterocycles. The average molecular weight is 255 g/mol. The van der Waals surface area contributed by atoms with E-state index in [9.17, 15) is 4.79 Å². The van der Waals surface area contributed by atoms with E-state index in [1.165, 1.54) is 4.88 Å². The Morgan fingerprint density at radius 3 is 2.94 bits per heavy atom. The van der Waals surface area contributed by atoms with E-state index in [1.807, 2.05) is 0 Å². The number of carboxylic acids is 1. The average Bonchev–Trinajstić information content (AvgIpc) is 2.75. The molecule has 0 aliphatic carbocycles. The summed E-state index contributed by atoms with van der Waals surface area (Å²) >= 11 is 1.80. The zero-order valence-corrected chi connectivity index (χ0v) is 11.1. The Kier molecular flexibility index (Phi) is 6.89. The lowest BCUT2D eigenvalue weighted by Crippen LogP contribution is -2.28. The van der Waals surface area contributed by atoms with Crippen LogP contribution in [0.2, 0.25) is 0 Å².